The van der Waals surface area contributed by atoms with Crippen molar-refractivity contribution >= 4 is 33.0 Å². The lowest BCUT2D eigenvalue weighted by Gasteiger charge is -2.17. The van der Waals surface area contributed by atoms with Crippen LogP contribution in [0.3, 0.4) is 0 Å². The molecule has 0 atom stereocenters. The normalized spacial score (nSPS) is 12.0. The van der Waals surface area contributed by atoms with Gasteiger partial charge in [0.25, 0.3) is 0 Å². The summed E-state index contributed by atoms with van der Waals surface area (Å²) in [6.07, 6.45) is 0.601. The van der Waals surface area contributed by atoms with Crippen molar-refractivity contribution in [1.82, 2.24) is 4.31 Å². The van der Waals surface area contributed by atoms with Crippen LogP contribution in [0, 0.1) is 5.82 Å². The average molecular weight is 348 g/mol. The summed E-state index contributed by atoms with van der Waals surface area (Å²) in [5.41, 5.74) is 0.572. The van der Waals surface area contributed by atoms with Crippen LogP contribution >= 0.6 is 22.9 Å². The second-order valence-electron chi connectivity index (χ2n) is 4.55. The highest BCUT2D eigenvalue weighted by molar-refractivity contribution is 7.89. The van der Waals surface area contributed by atoms with Crippen molar-refractivity contribution in [2.24, 2.45) is 0 Å². The quantitative estimate of drug-likeness (QED) is 0.750. The summed E-state index contributed by atoms with van der Waals surface area (Å²) in [5, 5.41) is 1.94. The minimum atomic E-state index is -3.85. The van der Waals surface area contributed by atoms with E-state index in [0.717, 1.165) is 10.9 Å². The highest BCUT2D eigenvalue weighted by Crippen LogP contribution is 2.21. The Morgan fingerprint density at radius 1 is 1.33 bits per heavy atom. The molecule has 0 aliphatic rings. The van der Waals surface area contributed by atoms with Crippen LogP contribution in [0.25, 0.3) is 0 Å². The fraction of sp³-hybridized carbons (Fsp3) is 0.286. The zero-order valence-corrected chi connectivity index (χ0v) is 13.8. The van der Waals surface area contributed by atoms with Gasteiger partial charge in [-0.15, -0.1) is 22.9 Å². The molecule has 7 heteroatoms. The van der Waals surface area contributed by atoms with Crippen LogP contribution in [-0.2, 0) is 22.3 Å². The third-order valence-electron chi connectivity index (χ3n) is 3.09. The van der Waals surface area contributed by atoms with Gasteiger partial charge in [-0.05, 0) is 35.6 Å². The number of hydrogen-bond donors (Lipinski definition) is 0. The number of likely N-dealkylation sites (N-methyl/N-ethyl adjacent to an activating group) is 1. The summed E-state index contributed by atoms with van der Waals surface area (Å²) >= 11 is 7.25. The van der Waals surface area contributed by atoms with Gasteiger partial charge in [0.2, 0.25) is 10.0 Å². The van der Waals surface area contributed by atoms with Crippen molar-refractivity contribution in [2.75, 3.05) is 13.6 Å². The molecule has 1 aromatic carbocycles. The van der Waals surface area contributed by atoms with Gasteiger partial charge in [0.1, 0.15) is 10.7 Å². The number of sulfonamides is 1. The third-order valence-corrected chi connectivity index (χ3v) is 6.21. The molecule has 0 saturated carbocycles. The maximum absolute atomic E-state index is 13.8. The lowest BCUT2D eigenvalue weighted by molar-refractivity contribution is 0.466. The number of benzene rings is 1. The molecule has 0 bridgehead atoms. The van der Waals surface area contributed by atoms with Gasteiger partial charge in [-0.3, -0.25) is 0 Å². The Labute approximate surface area is 133 Å². The first kappa shape index (κ1) is 16.4. The van der Waals surface area contributed by atoms with E-state index in [1.807, 2.05) is 17.5 Å². The van der Waals surface area contributed by atoms with Crippen LogP contribution in [0.2, 0.25) is 0 Å². The van der Waals surface area contributed by atoms with E-state index in [1.54, 1.807) is 11.3 Å². The molecule has 1 heterocycles. The lowest BCUT2D eigenvalue weighted by atomic mass is 10.2. The fourth-order valence-electron chi connectivity index (χ4n) is 1.84. The van der Waals surface area contributed by atoms with Crippen molar-refractivity contribution in [3.8, 4) is 0 Å². The molecular weight excluding hydrogens is 333 g/mol. The van der Waals surface area contributed by atoms with Crippen molar-refractivity contribution in [3.05, 3.63) is 52.0 Å². The Bertz CT molecular complexity index is 702. The molecule has 0 N–H and O–H groups in total. The summed E-state index contributed by atoms with van der Waals surface area (Å²) < 4.78 is 39.9. The van der Waals surface area contributed by atoms with Gasteiger partial charge < -0.3 is 0 Å². The second-order valence-corrected chi connectivity index (χ2v) is 7.87. The van der Waals surface area contributed by atoms with E-state index in [-0.39, 0.29) is 10.8 Å². The van der Waals surface area contributed by atoms with E-state index in [2.05, 4.69) is 0 Å². The van der Waals surface area contributed by atoms with Crippen molar-refractivity contribution < 1.29 is 12.8 Å². The van der Waals surface area contributed by atoms with E-state index in [4.69, 9.17) is 11.6 Å². The Balaban J connectivity index is 2.20. The number of halogens is 2. The van der Waals surface area contributed by atoms with Gasteiger partial charge in [-0.2, -0.15) is 0 Å². The largest absolute Gasteiger partial charge is 0.245 e. The summed E-state index contributed by atoms with van der Waals surface area (Å²) in [6.45, 7) is 0.299. The summed E-state index contributed by atoms with van der Waals surface area (Å²) in [5.74, 6) is -0.617. The standard InChI is InChI=1S/C14H15ClFNO2S2/c1-17(7-6-12-3-2-8-20-12)21(18,19)14-9-11(10-15)4-5-13(14)16/h2-5,8-9H,6-7,10H2,1H3. The molecule has 0 aliphatic carbocycles. The Kier molecular flexibility index (Phi) is 5.37. The molecule has 0 radical (unpaired) electrons. The number of thiophene rings is 1. The van der Waals surface area contributed by atoms with Crippen LogP contribution < -0.4 is 0 Å². The highest BCUT2D eigenvalue weighted by Gasteiger charge is 2.24. The number of rotatable bonds is 6. The first-order valence-electron chi connectivity index (χ1n) is 6.28. The zero-order valence-electron chi connectivity index (χ0n) is 11.4. The molecule has 0 fully saturated rings. The van der Waals surface area contributed by atoms with E-state index < -0.39 is 15.8 Å². The van der Waals surface area contributed by atoms with Crippen LogP contribution in [0.1, 0.15) is 10.4 Å². The van der Waals surface area contributed by atoms with Gasteiger partial charge in [0, 0.05) is 24.3 Å². The minimum absolute atomic E-state index is 0.141. The van der Waals surface area contributed by atoms with Crippen LogP contribution in [0.4, 0.5) is 4.39 Å². The molecule has 0 unspecified atom stereocenters. The first-order chi connectivity index (χ1) is 9.95. The maximum atomic E-state index is 13.8. The Morgan fingerprint density at radius 3 is 2.71 bits per heavy atom. The summed E-state index contributed by atoms with van der Waals surface area (Å²) in [4.78, 5) is 0.765. The lowest BCUT2D eigenvalue weighted by Crippen LogP contribution is -2.29. The summed E-state index contributed by atoms with van der Waals surface area (Å²) in [6, 6.07) is 7.77. The van der Waals surface area contributed by atoms with Gasteiger partial charge >= 0.3 is 0 Å². The molecule has 2 aromatic rings. The number of alkyl halides is 1. The maximum Gasteiger partial charge on any atom is 0.245 e. The Hall–Kier alpha value is -0.950. The van der Waals surface area contributed by atoms with Crippen LogP contribution in [-0.4, -0.2) is 26.3 Å². The van der Waals surface area contributed by atoms with Crippen LogP contribution in [0.15, 0.2) is 40.6 Å². The molecule has 21 heavy (non-hydrogen) atoms. The molecule has 0 spiro atoms. The van der Waals surface area contributed by atoms with Gasteiger partial charge in [0.05, 0.1) is 0 Å². The molecular formula is C14H15ClFNO2S2. The first-order valence-corrected chi connectivity index (χ1v) is 9.13. The molecule has 3 nitrogen and oxygen atoms in total. The highest BCUT2D eigenvalue weighted by atomic mass is 35.5. The van der Waals surface area contributed by atoms with Crippen molar-refractivity contribution in [3.63, 3.8) is 0 Å². The fourth-order valence-corrected chi connectivity index (χ4v) is 3.99. The molecule has 0 amide bonds. The predicted molar refractivity (Wildman–Crippen MR) is 83.8 cm³/mol. The van der Waals surface area contributed by atoms with Crippen molar-refractivity contribution in [1.29, 1.82) is 0 Å². The van der Waals surface area contributed by atoms with E-state index in [1.165, 1.54) is 23.5 Å². The molecule has 1 aromatic heterocycles. The molecule has 0 saturated heterocycles. The van der Waals surface area contributed by atoms with E-state index in [0.29, 0.717) is 18.5 Å². The summed E-state index contributed by atoms with van der Waals surface area (Å²) in [7, 11) is -2.40. The smallest absolute Gasteiger partial charge is 0.207 e. The van der Waals surface area contributed by atoms with Crippen molar-refractivity contribution in [2.45, 2.75) is 17.2 Å². The molecule has 0 aliphatic heterocycles. The number of nitrogens with zero attached hydrogens (tertiary/aromatic N) is 1. The number of hydrogen-bond acceptors (Lipinski definition) is 3. The van der Waals surface area contributed by atoms with E-state index in [9.17, 15) is 12.8 Å². The Morgan fingerprint density at radius 2 is 2.10 bits per heavy atom. The van der Waals surface area contributed by atoms with E-state index >= 15 is 0 Å². The second kappa shape index (κ2) is 6.87. The van der Waals surface area contributed by atoms with Crippen LogP contribution in [0.5, 0.6) is 0 Å². The van der Waals surface area contributed by atoms with Gasteiger partial charge in [-0.1, -0.05) is 12.1 Å². The SMILES string of the molecule is CN(CCc1cccs1)S(=O)(=O)c1cc(CCl)ccc1F. The zero-order chi connectivity index (χ0) is 15.5. The topological polar surface area (TPSA) is 37.4 Å². The van der Waals surface area contributed by atoms with Gasteiger partial charge in [-0.25, -0.2) is 17.1 Å². The molecule has 2 rings (SSSR count). The monoisotopic (exact) mass is 347 g/mol. The third kappa shape index (κ3) is 3.83. The van der Waals surface area contributed by atoms with Gasteiger partial charge in [0.15, 0.2) is 0 Å². The molecule has 114 valence electrons. The predicted octanol–water partition coefficient (Wildman–Crippen LogP) is 3.49. The average Bonchev–Trinajstić information content (AvgIpc) is 2.98. The minimum Gasteiger partial charge on any atom is -0.207 e.